The van der Waals surface area contributed by atoms with E-state index in [1.54, 1.807) is 10.6 Å². The number of aromatic carboxylic acids is 1. The number of methoxy groups -OCH3 is 1. The van der Waals surface area contributed by atoms with Gasteiger partial charge in [-0.15, -0.1) is 0 Å². The lowest BCUT2D eigenvalue weighted by molar-refractivity contribution is 0.0257. The number of hydrogen-bond acceptors (Lipinski definition) is 5. The number of fused-ring (bicyclic) bond motifs is 1. The van der Waals surface area contributed by atoms with E-state index in [1.807, 2.05) is 13.8 Å². The van der Waals surface area contributed by atoms with Crippen LogP contribution in [0.2, 0.25) is 5.02 Å². The number of pyridine rings is 1. The van der Waals surface area contributed by atoms with E-state index >= 15 is 4.39 Å². The number of aliphatic hydroxyl groups excluding tert-OH is 1. The van der Waals surface area contributed by atoms with E-state index in [9.17, 15) is 28.6 Å². The number of aromatic nitrogens is 1. The molecule has 4 rings (SSSR count). The molecule has 0 radical (unpaired) electrons. The number of carboxylic acids is 1. The van der Waals surface area contributed by atoms with Gasteiger partial charge in [-0.2, -0.15) is 0 Å². The van der Waals surface area contributed by atoms with Gasteiger partial charge in [-0.1, -0.05) is 25.4 Å². The Kier molecular flexibility index (Phi) is 7.67. The Hall–Kier alpha value is -3.24. The van der Waals surface area contributed by atoms with Crippen molar-refractivity contribution in [3.05, 3.63) is 68.2 Å². The Morgan fingerprint density at radius 1 is 1.21 bits per heavy atom. The average Bonchev–Trinajstić information content (AvgIpc) is 3.22. The predicted octanol–water partition coefficient (Wildman–Crippen LogP) is 5.13. The van der Waals surface area contributed by atoms with Gasteiger partial charge in [0, 0.05) is 42.7 Å². The second kappa shape index (κ2) is 10.5. The van der Waals surface area contributed by atoms with Gasteiger partial charge in [-0.25, -0.2) is 18.0 Å². The van der Waals surface area contributed by atoms with Crippen molar-refractivity contribution in [3.8, 4) is 5.75 Å². The predicted molar refractivity (Wildman–Crippen MR) is 139 cm³/mol. The molecule has 2 N–H and O–H groups in total. The minimum atomic E-state index is -2.85. The fourth-order valence-electron chi connectivity index (χ4n) is 4.90. The molecule has 0 saturated carbocycles. The SMILES string of the molecule is COc1cc2c(cc1Cc1cc(N3CCC(F)(F)C3)cc(Cl)c1F)c(=O)c(C(=O)O)cn2[C@H](CO)C(C)C. The Labute approximate surface area is 222 Å². The van der Waals surface area contributed by atoms with Crippen LogP contribution in [0.5, 0.6) is 5.75 Å². The molecular weight excluding hydrogens is 525 g/mol. The third-order valence-electron chi connectivity index (χ3n) is 6.98. The van der Waals surface area contributed by atoms with Crippen molar-refractivity contribution in [1.82, 2.24) is 4.57 Å². The summed E-state index contributed by atoms with van der Waals surface area (Å²) >= 11 is 6.12. The first kappa shape index (κ1) is 27.8. The number of hydrogen-bond donors (Lipinski definition) is 2. The van der Waals surface area contributed by atoms with E-state index < -0.39 is 41.3 Å². The topological polar surface area (TPSA) is 92.0 Å². The van der Waals surface area contributed by atoms with Crippen LogP contribution < -0.4 is 15.1 Å². The molecule has 1 atom stereocenters. The summed E-state index contributed by atoms with van der Waals surface area (Å²) in [6.45, 7) is 2.99. The van der Waals surface area contributed by atoms with Crippen molar-refractivity contribution >= 4 is 34.2 Å². The Morgan fingerprint density at radius 2 is 1.92 bits per heavy atom. The van der Waals surface area contributed by atoms with Crippen LogP contribution in [0.15, 0.2) is 35.3 Å². The standard InChI is InChI=1S/C27H28ClF3N2O5/c1-14(2)22(12-34)33-11-19(26(36)37)25(35)18-8-15(23(38-3)10-21(18)33)6-16-7-17(9-20(28)24(16)29)32-5-4-27(30,31)13-32/h7-11,14,22,34H,4-6,12-13H2,1-3H3,(H,36,37)/t22-/m1/s1. The number of alkyl halides is 2. The summed E-state index contributed by atoms with van der Waals surface area (Å²) in [4.78, 5) is 26.4. The normalized spacial score (nSPS) is 15.9. The summed E-state index contributed by atoms with van der Waals surface area (Å²) < 4.78 is 49.8. The molecule has 0 aliphatic carbocycles. The van der Waals surface area contributed by atoms with Crippen LogP contribution in [0.25, 0.3) is 10.9 Å². The van der Waals surface area contributed by atoms with E-state index in [1.165, 1.54) is 36.4 Å². The summed E-state index contributed by atoms with van der Waals surface area (Å²) in [5.74, 6) is -4.82. The molecule has 38 heavy (non-hydrogen) atoms. The molecule has 1 aromatic heterocycles. The number of ether oxygens (including phenoxy) is 1. The number of anilines is 1. The molecule has 0 unspecified atom stereocenters. The molecule has 1 saturated heterocycles. The van der Waals surface area contributed by atoms with Gasteiger partial charge in [0.05, 0.1) is 36.8 Å². The molecule has 204 valence electrons. The van der Waals surface area contributed by atoms with Crippen molar-refractivity contribution in [2.45, 2.75) is 38.7 Å². The molecule has 2 heterocycles. The molecule has 1 aliphatic heterocycles. The van der Waals surface area contributed by atoms with Crippen LogP contribution in [0.1, 0.15) is 47.8 Å². The van der Waals surface area contributed by atoms with E-state index in [2.05, 4.69) is 0 Å². The maximum absolute atomic E-state index is 15.1. The minimum Gasteiger partial charge on any atom is -0.496 e. The highest BCUT2D eigenvalue weighted by molar-refractivity contribution is 6.31. The second-order valence-corrected chi connectivity index (χ2v) is 10.3. The summed E-state index contributed by atoms with van der Waals surface area (Å²) in [5.41, 5.74) is -0.0410. The highest BCUT2D eigenvalue weighted by atomic mass is 35.5. The second-order valence-electron chi connectivity index (χ2n) is 9.86. The van der Waals surface area contributed by atoms with Gasteiger partial charge in [0.1, 0.15) is 17.1 Å². The van der Waals surface area contributed by atoms with Gasteiger partial charge < -0.3 is 24.4 Å². The fraction of sp³-hybridized carbons (Fsp3) is 0.407. The zero-order valence-electron chi connectivity index (χ0n) is 21.1. The number of benzene rings is 2. The van der Waals surface area contributed by atoms with Gasteiger partial charge in [0.15, 0.2) is 0 Å². The van der Waals surface area contributed by atoms with Crippen LogP contribution in [-0.2, 0) is 6.42 Å². The Morgan fingerprint density at radius 3 is 2.47 bits per heavy atom. The lowest BCUT2D eigenvalue weighted by Crippen LogP contribution is -2.25. The van der Waals surface area contributed by atoms with Gasteiger partial charge >= 0.3 is 5.97 Å². The van der Waals surface area contributed by atoms with Crippen molar-refractivity contribution in [3.63, 3.8) is 0 Å². The van der Waals surface area contributed by atoms with Crippen molar-refractivity contribution in [2.75, 3.05) is 31.7 Å². The summed E-state index contributed by atoms with van der Waals surface area (Å²) in [7, 11) is 1.40. The first-order chi connectivity index (χ1) is 17.9. The lowest BCUT2D eigenvalue weighted by Gasteiger charge is -2.25. The molecule has 2 aromatic carbocycles. The number of halogens is 4. The quantitative estimate of drug-likeness (QED) is 0.403. The molecule has 0 bridgehead atoms. The largest absolute Gasteiger partial charge is 0.496 e. The van der Waals surface area contributed by atoms with Crippen LogP contribution in [0, 0.1) is 11.7 Å². The molecular formula is C27H28ClF3N2O5. The van der Waals surface area contributed by atoms with Crippen LogP contribution >= 0.6 is 11.6 Å². The lowest BCUT2D eigenvalue weighted by atomic mass is 9.98. The zero-order chi connectivity index (χ0) is 27.9. The molecule has 7 nitrogen and oxygen atoms in total. The number of aliphatic hydroxyl groups is 1. The monoisotopic (exact) mass is 552 g/mol. The van der Waals surface area contributed by atoms with E-state index in [4.69, 9.17) is 16.3 Å². The molecule has 11 heteroatoms. The maximum atomic E-state index is 15.1. The van der Waals surface area contributed by atoms with Crippen LogP contribution in [0.4, 0.5) is 18.9 Å². The third kappa shape index (κ3) is 5.19. The maximum Gasteiger partial charge on any atom is 0.341 e. The van der Waals surface area contributed by atoms with Crippen molar-refractivity contribution in [1.29, 1.82) is 0 Å². The average molecular weight is 553 g/mol. The highest BCUT2D eigenvalue weighted by Crippen LogP contribution is 2.36. The van der Waals surface area contributed by atoms with Crippen LogP contribution in [-0.4, -0.2) is 53.5 Å². The molecule has 3 aromatic rings. The first-order valence-electron chi connectivity index (χ1n) is 12.1. The number of carboxylic acid groups (broad SMARTS) is 1. The van der Waals surface area contributed by atoms with Crippen molar-refractivity contribution in [2.24, 2.45) is 5.92 Å². The number of rotatable bonds is 8. The zero-order valence-corrected chi connectivity index (χ0v) is 21.9. The van der Waals surface area contributed by atoms with Gasteiger partial charge in [-0.05, 0) is 35.2 Å². The summed E-state index contributed by atoms with van der Waals surface area (Å²) in [6, 6.07) is 5.21. The smallest absolute Gasteiger partial charge is 0.341 e. The third-order valence-corrected chi connectivity index (χ3v) is 7.26. The van der Waals surface area contributed by atoms with Gasteiger partial charge in [-0.3, -0.25) is 4.79 Å². The molecule has 0 spiro atoms. The Balaban J connectivity index is 1.88. The van der Waals surface area contributed by atoms with E-state index in [0.29, 0.717) is 22.5 Å². The van der Waals surface area contributed by atoms with Crippen molar-refractivity contribution < 1.29 is 32.9 Å². The highest BCUT2D eigenvalue weighted by Gasteiger charge is 2.38. The molecule has 1 fully saturated rings. The minimum absolute atomic E-state index is 0.0571. The van der Waals surface area contributed by atoms with Gasteiger partial charge in [0.2, 0.25) is 5.43 Å². The Bertz CT molecular complexity index is 1460. The summed E-state index contributed by atoms with van der Waals surface area (Å²) in [6.07, 6.45) is 0.786. The van der Waals surface area contributed by atoms with Gasteiger partial charge in [0.25, 0.3) is 5.92 Å². The van der Waals surface area contributed by atoms with Crippen LogP contribution in [0.3, 0.4) is 0 Å². The fourth-order valence-corrected chi connectivity index (χ4v) is 5.13. The van der Waals surface area contributed by atoms with E-state index in [0.717, 1.165) is 0 Å². The number of carbonyl (C=O) groups is 1. The summed E-state index contributed by atoms with van der Waals surface area (Å²) in [5, 5.41) is 19.5. The first-order valence-corrected chi connectivity index (χ1v) is 12.4. The molecule has 0 amide bonds. The number of nitrogens with zero attached hydrogens (tertiary/aromatic N) is 2. The molecule has 1 aliphatic rings. The van der Waals surface area contributed by atoms with E-state index in [-0.39, 0.29) is 47.9 Å².